The van der Waals surface area contributed by atoms with Crippen molar-refractivity contribution in [2.45, 2.75) is 51.4 Å². The van der Waals surface area contributed by atoms with Crippen LogP contribution in [0.4, 0.5) is 0 Å². The summed E-state index contributed by atoms with van der Waals surface area (Å²) < 4.78 is 10.9. The van der Waals surface area contributed by atoms with E-state index in [2.05, 4.69) is 22.4 Å². The second-order valence-electron chi connectivity index (χ2n) is 4.57. The van der Waals surface area contributed by atoms with E-state index < -0.39 is 0 Å². The lowest BCUT2D eigenvalue weighted by molar-refractivity contribution is 0.0477. The van der Waals surface area contributed by atoms with E-state index in [9.17, 15) is 5.11 Å². The monoisotopic (exact) mass is 255 g/mol. The fraction of sp³-hybridized carbons (Fsp3) is 0.833. The molecular weight excluding hydrogens is 234 g/mol. The lowest BCUT2D eigenvalue weighted by atomic mass is 10.2. The van der Waals surface area contributed by atoms with Gasteiger partial charge in [-0.2, -0.15) is 4.98 Å². The molecule has 6 heteroatoms. The normalized spacial score (nSPS) is 25.5. The molecule has 2 N–H and O–H groups in total. The van der Waals surface area contributed by atoms with Gasteiger partial charge in [0.1, 0.15) is 6.10 Å². The predicted octanol–water partition coefficient (Wildman–Crippen LogP) is 1.34. The Morgan fingerprint density at radius 3 is 3.00 bits per heavy atom. The molecule has 1 aromatic rings. The van der Waals surface area contributed by atoms with Crippen molar-refractivity contribution in [1.82, 2.24) is 15.5 Å². The van der Waals surface area contributed by atoms with Crippen molar-refractivity contribution in [3.8, 4) is 0 Å². The number of nitrogens with one attached hydrogen (secondary N) is 1. The molecular formula is C12H21N3O3. The van der Waals surface area contributed by atoms with Gasteiger partial charge in [-0.1, -0.05) is 18.5 Å². The molecule has 2 unspecified atom stereocenters. The van der Waals surface area contributed by atoms with Crippen LogP contribution in [-0.2, 0) is 4.74 Å². The lowest BCUT2D eigenvalue weighted by Crippen LogP contribution is -2.15. The molecule has 0 aliphatic carbocycles. The Balaban J connectivity index is 2.03. The highest BCUT2D eigenvalue weighted by Crippen LogP contribution is 2.25. The lowest BCUT2D eigenvalue weighted by Gasteiger charge is -2.11. The number of nitrogens with zero attached hydrogens (tertiary/aromatic N) is 2. The fourth-order valence-corrected chi connectivity index (χ4v) is 2.18. The third kappa shape index (κ3) is 3.07. The standard InChI is InChI=1S/C12H21N3O3/c1-3-5-10(17-4-2)11-14-12(18-15-11)9-6-8(16)7-13-9/h8-10,13,16H,3-7H2,1-2H3/t8?,9-,10?/m0/s1. The van der Waals surface area contributed by atoms with E-state index in [4.69, 9.17) is 9.26 Å². The van der Waals surface area contributed by atoms with Crippen molar-refractivity contribution >= 4 is 0 Å². The molecule has 2 heterocycles. The van der Waals surface area contributed by atoms with E-state index in [1.54, 1.807) is 0 Å². The minimum absolute atomic E-state index is 0.0369. The maximum atomic E-state index is 9.47. The largest absolute Gasteiger partial charge is 0.392 e. The second kappa shape index (κ2) is 6.26. The second-order valence-corrected chi connectivity index (χ2v) is 4.57. The Bertz CT molecular complexity index is 363. The molecule has 0 amide bonds. The molecule has 0 bridgehead atoms. The van der Waals surface area contributed by atoms with Crippen molar-refractivity contribution in [3.05, 3.63) is 11.7 Å². The van der Waals surface area contributed by atoms with Crippen LogP contribution < -0.4 is 5.32 Å². The summed E-state index contributed by atoms with van der Waals surface area (Å²) in [6, 6.07) is -0.0369. The summed E-state index contributed by atoms with van der Waals surface area (Å²) in [6.07, 6.45) is 2.09. The Morgan fingerprint density at radius 1 is 1.56 bits per heavy atom. The molecule has 2 rings (SSSR count). The summed E-state index contributed by atoms with van der Waals surface area (Å²) in [7, 11) is 0. The maximum Gasteiger partial charge on any atom is 0.243 e. The van der Waals surface area contributed by atoms with E-state index in [0.717, 1.165) is 12.8 Å². The van der Waals surface area contributed by atoms with Gasteiger partial charge < -0.3 is 19.7 Å². The van der Waals surface area contributed by atoms with E-state index in [-0.39, 0.29) is 18.2 Å². The van der Waals surface area contributed by atoms with E-state index in [0.29, 0.717) is 31.3 Å². The fourth-order valence-electron chi connectivity index (χ4n) is 2.18. The number of rotatable bonds is 6. The van der Waals surface area contributed by atoms with Crippen LogP contribution in [0.25, 0.3) is 0 Å². The Hall–Kier alpha value is -0.980. The van der Waals surface area contributed by atoms with Gasteiger partial charge in [0.15, 0.2) is 0 Å². The zero-order valence-corrected chi connectivity index (χ0v) is 10.9. The zero-order chi connectivity index (χ0) is 13.0. The SMILES string of the molecule is CCCC(OCC)c1noc([C@@H]2CC(O)CN2)n1. The molecule has 18 heavy (non-hydrogen) atoms. The van der Waals surface area contributed by atoms with Gasteiger partial charge in [-0.25, -0.2) is 0 Å². The summed E-state index contributed by atoms with van der Waals surface area (Å²) in [5.74, 6) is 1.15. The molecule has 3 atom stereocenters. The molecule has 0 radical (unpaired) electrons. The number of aromatic nitrogens is 2. The first-order valence-corrected chi connectivity index (χ1v) is 6.61. The Morgan fingerprint density at radius 2 is 2.39 bits per heavy atom. The summed E-state index contributed by atoms with van der Waals surface area (Å²) in [5, 5.41) is 16.6. The van der Waals surface area contributed by atoms with Gasteiger partial charge in [0, 0.05) is 13.2 Å². The molecule has 0 aromatic carbocycles. The van der Waals surface area contributed by atoms with Crippen LogP contribution in [-0.4, -0.2) is 34.5 Å². The molecule has 1 fully saturated rings. The van der Waals surface area contributed by atoms with Crippen LogP contribution in [0.2, 0.25) is 0 Å². The van der Waals surface area contributed by atoms with Crippen LogP contribution in [0.1, 0.15) is 57.0 Å². The molecule has 1 aliphatic heterocycles. The number of aliphatic hydroxyl groups is 1. The molecule has 0 spiro atoms. The van der Waals surface area contributed by atoms with Gasteiger partial charge in [0.2, 0.25) is 11.7 Å². The van der Waals surface area contributed by atoms with E-state index >= 15 is 0 Å². The topological polar surface area (TPSA) is 80.4 Å². The smallest absolute Gasteiger partial charge is 0.243 e. The zero-order valence-electron chi connectivity index (χ0n) is 10.9. The highest BCUT2D eigenvalue weighted by Gasteiger charge is 2.29. The summed E-state index contributed by atoms with van der Waals surface area (Å²) in [4.78, 5) is 4.39. The number of β-amino-alcohol motifs (C(OH)–C–C–N with tert-alkyl or cyclic N) is 1. The van der Waals surface area contributed by atoms with Crippen molar-refractivity contribution in [1.29, 1.82) is 0 Å². The molecule has 102 valence electrons. The highest BCUT2D eigenvalue weighted by molar-refractivity contribution is 4.99. The molecule has 6 nitrogen and oxygen atoms in total. The van der Waals surface area contributed by atoms with Crippen LogP contribution in [0.3, 0.4) is 0 Å². The predicted molar refractivity (Wildman–Crippen MR) is 64.9 cm³/mol. The maximum absolute atomic E-state index is 9.47. The summed E-state index contributed by atoms with van der Waals surface area (Å²) in [6.45, 7) is 5.27. The summed E-state index contributed by atoms with van der Waals surface area (Å²) in [5.41, 5.74) is 0. The Labute approximate surface area is 107 Å². The van der Waals surface area contributed by atoms with Gasteiger partial charge in [0.05, 0.1) is 12.1 Å². The number of hydrogen-bond donors (Lipinski definition) is 2. The van der Waals surface area contributed by atoms with E-state index in [1.165, 1.54) is 0 Å². The van der Waals surface area contributed by atoms with Gasteiger partial charge in [0.25, 0.3) is 0 Å². The number of aliphatic hydroxyl groups excluding tert-OH is 1. The van der Waals surface area contributed by atoms with Crippen molar-refractivity contribution in [2.24, 2.45) is 0 Å². The van der Waals surface area contributed by atoms with Crippen LogP contribution >= 0.6 is 0 Å². The van der Waals surface area contributed by atoms with Gasteiger partial charge >= 0.3 is 0 Å². The molecule has 1 saturated heterocycles. The van der Waals surface area contributed by atoms with Crippen LogP contribution in [0.5, 0.6) is 0 Å². The third-order valence-corrected chi connectivity index (χ3v) is 3.07. The van der Waals surface area contributed by atoms with Crippen molar-refractivity contribution in [3.63, 3.8) is 0 Å². The quantitative estimate of drug-likeness (QED) is 0.798. The average Bonchev–Trinajstić information content (AvgIpc) is 2.97. The third-order valence-electron chi connectivity index (χ3n) is 3.07. The first-order chi connectivity index (χ1) is 8.74. The van der Waals surface area contributed by atoms with Gasteiger partial charge in [-0.15, -0.1) is 0 Å². The van der Waals surface area contributed by atoms with Crippen molar-refractivity contribution < 1.29 is 14.4 Å². The molecule has 0 saturated carbocycles. The first kappa shape index (κ1) is 13.5. The number of ether oxygens (including phenoxy) is 1. The van der Waals surface area contributed by atoms with Crippen LogP contribution in [0.15, 0.2) is 4.52 Å². The van der Waals surface area contributed by atoms with Crippen molar-refractivity contribution in [2.75, 3.05) is 13.2 Å². The van der Waals surface area contributed by atoms with Gasteiger partial charge in [-0.05, 0) is 19.8 Å². The minimum atomic E-state index is -0.330. The number of hydrogen-bond acceptors (Lipinski definition) is 6. The van der Waals surface area contributed by atoms with Gasteiger partial charge in [-0.3, -0.25) is 0 Å². The first-order valence-electron chi connectivity index (χ1n) is 6.61. The Kier molecular flexibility index (Phi) is 4.68. The summed E-state index contributed by atoms with van der Waals surface area (Å²) >= 11 is 0. The van der Waals surface area contributed by atoms with E-state index in [1.807, 2.05) is 6.92 Å². The average molecular weight is 255 g/mol. The highest BCUT2D eigenvalue weighted by atomic mass is 16.5. The molecule has 1 aliphatic rings. The molecule has 1 aromatic heterocycles. The minimum Gasteiger partial charge on any atom is -0.392 e. The van der Waals surface area contributed by atoms with Crippen LogP contribution in [0, 0.1) is 0 Å².